The SMILES string of the molecule is Clc1ccc(CN[C@@H]2C3CCN(CC3)[C@H]2C(c2ccccc2)c2ccccc2)cc1. The van der Waals surface area contributed by atoms with Crippen molar-refractivity contribution in [3.05, 3.63) is 107 Å². The lowest BCUT2D eigenvalue weighted by Crippen LogP contribution is -2.64. The van der Waals surface area contributed by atoms with Gasteiger partial charge in [0.25, 0.3) is 0 Å². The molecule has 30 heavy (non-hydrogen) atoms. The summed E-state index contributed by atoms with van der Waals surface area (Å²) < 4.78 is 0. The van der Waals surface area contributed by atoms with Crippen molar-refractivity contribution in [2.45, 2.75) is 37.4 Å². The number of fused-ring (bicyclic) bond motifs is 3. The molecule has 3 aliphatic heterocycles. The first kappa shape index (κ1) is 19.8. The Kier molecular flexibility index (Phi) is 5.90. The predicted molar refractivity (Wildman–Crippen MR) is 125 cm³/mol. The van der Waals surface area contributed by atoms with Gasteiger partial charge in [-0.15, -0.1) is 0 Å². The van der Waals surface area contributed by atoms with Gasteiger partial charge in [-0.05, 0) is 60.7 Å². The molecule has 3 aromatic carbocycles. The van der Waals surface area contributed by atoms with E-state index in [1.165, 1.54) is 42.6 Å². The van der Waals surface area contributed by atoms with E-state index in [0.29, 0.717) is 18.0 Å². The molecular formula is C27H29ClN2. The number of piperidine rings is 3. The van der Waals surface area contributed by atoms with Gasteiger partial charge >= 0.3 is 0 Å². The quantitative estimate of drug-likeness (QED) is 0.552. The Morgan fingerprint density at radius 1 is 0.800 bits per heavy atom. The molecule has 3 saturated heterocycles. The van der Waals surface area contributed by atoms with Gasteiger partial charge in [0.15, 0.2) is 0 Å². The number of hydrogen-bond acceptors (Lipinski definition) is 2. The molecule has 0 aliphatic carbocycles. The van der Waals surface area contributed by atoms with Crippen LogP contribution in [0.4, 0.5) is 0 Å². The molecule has 0 unspecified atom stereocenters. The Balaban J connectivity index is 1.48. The van der Waals surface area contributed by atoms with Crippen LogP contribution in [-0.4, -0.2) is 30.1 Å². The third kappa shape index (κ3) is 4.05. The van der Waals surface area contributed by atoms with E-state index in [9.17, 15) is 0 Å². The number of halogens is 1. The average molecular weight is 417 g/mol. The van der Waals surface area contributed by atoms with Crippen LogP contribution in [0.2, 0.25) is 5.02 Å². The highest BCUT2D eigenvalue weighted by Crippen LogP contribution is 2.42. The fourth-order valence-electron chi connectivity index (χ4n) is 5.53. The van der Waals surface area contributed by atoms with E-state index in [1.54, 1.807) is 0 Å². The minimum Gasteiger partial charge on any atom is -0.308 e. The van der Waals surface area contributed by atoms with Gasteiger partial charge in [-0.3, -0.25) is 4.90 Å². The molecule has 3 heterocycles. The lowest BCUT2D eigenvalue weighted by Gasteiger charge is -2.54. The number of rotatable bonds is 6. The summed E-state index contributed by atoms with van der Waals surface area (Å²) in [6.45, 7) is 3.31. The van der Waals surface area contributed by atoms with Crippen molar-refractivity contribution in [1.82, 2.24) is 10.2 Å². The van der Waals surface area contributed by atoms with Crippen molar-refractivity contribution in [2.75, 3.05) is 13.1 Å². The third-order valence-corrected chi connectivity index (χ3v) is 7.24. The van der Waals surface area contributed by atoms with Crippen LogP contribution in [0.3, 0.4) is 0 Å². The Hall–Kier alpha value is -2.13. The summed E-state index contributed by atoms with van der Waals surface area (Å²) in [5, 5.41) is 4.77. The highest BCUT2D eigenvalue weighted by atomic mass is 35.5. The standard InChI is InChI=1S/C27H29ClN2/c28-24-13-11-20(12-14-24)19-29-26-23-15-17-30(18-16-23)27(26)25(21-7-3-1-4-8-21)22-9-5-2-6-10-22/h1-14,23,25-27,29H,15-19H2/t26-,27+/m1/s1. The molecule has 154 valence electrons. The second-order valence-electron chi connectivity index (χ2n) is 8.70. The highest BCUT2D eigenvalue weighted by Gasteiger charge is 2.46. The average Bonchev–Trinajstić information content (AvgIpc) is 2.82. The van der Waals surface area contributed by atoms with Gasteiger partial charge in [0.05, 0.1) is 0 Å². The minimum absolute atomic E-state index is 0.373. The van der Waals surface area contributed by atoms with Crippen molar-refractivity contribution in [2.24, 2.45) is 5.92 Å². The monoisotopic (exact) mass is 416 g/mol. The molecular weight excluding hydrogens is 388 g/mol. The fraction of sp³-hybridized carbons (Fsp3) is 0.333. The van der Waals surface area contributed by atoms with Gasteiger partial charge in [-0.25, -0.2) is 0 Å². The molecule has 2 bridgehead atoms. The third-order valence-electron chi connectivity index (χ3n) is 6.99. The summed E-state index contributed by atoms with van der Waals surface area (Å²) in [5.41, 5.74) is 4.13. The maximum Gasteiger partial charge on any atom is 0.0406 e. The van der Waals surface area contributed by atoms with E-state index in [4.69, 9.17) is 11.6 Å². The van der Waals surface area contributed by atoms with Crippen LogP contribution >= 0.6 is 11.6 Å². The number of nitrogens with zero attached hydrogens (tertiary/aromatic N) is 1. The molecule has 2 atom stereocenters. The van der Waals surface area contributed by atoms with E-state index in [-0.39, 0.29) is 0 Å². The molecule has 0 radical (unpaired) electrons. The van der Waals surface area contributed by atoms with Crippen LogP contribution in [0.15, 0.2) is 84.9 Å². The van der Waals surface area contributed by atoms with Crippen LogP contribution in [0.5, 0.6) is 0 Å². The summed E-state index contributed by atoms with van der Waals surface area (Å²) >= 11 is 6.09. The first-order valence-corrected chi connectivity index (χ1v) is 11.5. The fourth-order valence-corrected chi connectivity index (χ4v) is 5.66. The highest BCUT2D eigenvalue weighted by molar-refractivity contribution is 6.30. The van der Waals surface area contributed by atoms with E-state index >= 15 is 0 Å². The van der Waals surface area contributed by atoms with E-state index in [1.807, 2.05) is 12.1 Å². The van der Waals surface area contributed by atoms with Gasteiger partial charge in [0, 0.05) is 29.6 Å². The normalized spacial score (nSPS) is 25.5. The predicted octanol–water partition coefficient (Wildman–Crippen LogP) is 5.72. The van der Waals surface area contributed by atoms with Crippen molar-refractivity contribution < 1.29 is 0 Å². The molecule has 6 rings (SSSR count). The zero-order chi connectivity index (χ0) is 20.3. The van der Waals surface area contributed by atoms with Crippen LogP contribution in [0, 0.1) is 5.92 Å². The van der Waals surface area contributed by atoms with E-state index in [0.717, 1.165) is 17.5 Å². The van der Waals surface area contributed by atoms with Crippen LogP contribution in [-0.2, 0) is 6.54 Å². The minimum atomic E-state index is 0.373. The second-order valence-corrected chi connectivity index (χ2v) is 9.13. The molecule has 3 aromatic rings. The van der Waals surface area contributed by atoms with Crippen molar-refractivity contribution in [3.63, 3.8) is 0 Å². The summed E-state index contributed by atoms with van der Waals surface area (Å²) in [5.74, 6) is 1.11. The van der Waals surface area contributed by atoms with Crippen molar-refractivity contribution in [1.29, 1.82) is 0 Å². The summed E-state index contributed by atoms with van der Waals surface area (Å²) in [6, 6.07) is 31.4. The number of hydrogen-bond donors (Lipinski definition) is 1. The number of nitrogens with one attached hydrogen (secondary N) is 1. The van der Waals surface area contributed by atoms with Gasteiger partial charge in [-0.2, -0.15) is 0 Å². The molecule has 3 aliphatic rings. The van der Waals surface area contributed by atoms with Crippen molar-refractivity contribution >= 4 is 11.6 Å². The molecule has 0 amide bonds. The molecule has 2 nitrogen and oxygen atoms in total. The topological polar surface area (TPSA) is 15.3 Å². The molecule has 0 aromatic heterocycles. The lowest BCUT2D eigenvalue weighted by atomic mass is 9.70. The second kappa shape index (κ2) is 8.93. The summed E-state index contributed by atoms with van der Waals surface area (Å²) in [6.07, 6.45) is 2.59. The molecule has 0 saturated carbocycles. The first-order chi connectivity index (χ1) is 14.8. The zero-order valence-electron chi connectivity index (χ0n) is 17.3. The van der Waals surface area contributed by atoms with Gasteiger partial charge in [0.1, 0.15) is 0 Å². The Labute approximate surface area is 184 Å². The first-order valence-electron chi connectivity index (χ1n) is 11.1. The molecule has 0 spiro atoms. The van der Waals surface area contributed by atoms with E-state index < -0.39 is 0 Å². The van der Waals surface area contributed by atoms with Gasteiger partial charge in [0.2, 0.25) is 0 Å². The summed E-state index contributed by atoms with van der Waals surface area (Å²) in [7, 11) is 0. The van der Waals surface area contributed by atoms with Crippen LogP contribution in [0.25, 0.3) is 0 Å². The Morgan fingerprint density at radius 2 is 1.37 bits per heavy atom. The maximum atomic E-state index is 6.09. The molecule has 3 fully saturated rings. The lowest BCUT2D eigenvalue weighted by molar-refractivity contribution is 0.00468. The smallest absolute Gasteiger partial charge is 0.0406 e. The van der Waals surface area contributed by atoms with E-state index in [2.05, 4.69) is 83.0 Å². The summed E-state index contributed by atoms with van der Waals surface area (Å²) in [4.78, 5) is 2.74. The van der Waals surface area contributed by atoms with Crippen molar-refractivity contribution in [3.8, 4) is 0 Å². The Morgan fingerprint density at radius 3 is 1.93 bits per heavy atom. The molecule has 3 heteroatoms. The Bertz CT molecular complexity index is 894. The molecule has 1 N–H and O–H groups in total. The van der Waals surface area contributed by atoms with Gasteiger partial charge < -0.3 is 5.32 Å². The van der Waals surface area contributed by atoms with Crippen LogP contribution in [0.1, 0.15) is 35.4 Å². The number of benzene rings is 3. The van der Waals surface area contributed by atoms with Crippen LogP contribution < -0.4 is 5.32 Å². The maximum absolute atomic E-state index is 6.09. The van der Waals surface area contributed by atoms with Gasteiger partial charge in [-0.1, -0.05) is 84.4 Å². The zero-order valence-corrected chi connectivity index (χ0v) is 18.0. The largest absolute Gasteiger partial charge is 0.308 e.